The van der Waals surface area contributed by atoms with Gasteiger partial charge in [0.1, 0.15) is 0 Å². The summed E-state index contributed by atoms with van der Waals surface area (Å²) in [6.07, 6.45) is 10.9. The molecule has 0 spiro atoms. The van der Waals surface area contributed by atoms with E-state index in [-0.39, 0.29) is 35.3 Å². The summed E-state index contributed by atoms with van der Waals surface area (Å²) < 4.78 is 31.0. The Morgan fingerprint density at radius 3 is 1.39 bits per heavy atom. The van der Waals surface area contributed by atoms with Gasteiger partial charge in [0.05, 0.1) is 10.1 Å². The van der Waals surface area contributed by atoms with Gasteiger partial charge < -0.3 is 4.55 Å². The molecule has 0 aliphatic carbocycles. The molecule has 104 valence electrons. The van der Waals surface area contributed by atoms with Gasteiger partial charge in [-0.25, -0.2) is 8.42 Å². The molecule has 0 bridgehead atoms. The normalized spacial score (nSPS) is 11.2. The largest absolute Gasteiger partial charge is 1.00 e. The summed E-state index contributed by atoms with van der Waals surface area (Å²) in [5, 5.41) is 0. The van der Waals surface area contributed by atoms with Gasteiger partial charge in [-0.2, -0.15) is 0 Å². The third kappa shape index (κ3) is 19.5. The van der Waals surface area contributed by atoms with Gasteiger partial charge in [-0.05, 0) is 12.8 Å². The summed E-state index contributed by atoms with van der Waals surface area (Å²) in [5.41, 5.74) is 0. The molecule has 0 heterocycles. The van der Waals surface area contributed by atoms with Gasteiger partial charge in [0, 0.05) is 11.6 Å². The van der Waals surface area contributed by atoms with Crippen molar-refractivity contribution in [3.63, 3.8) is 0 Å². The Hall–Kier alpha value is 1.20. The van der Waals surface area contributed by atoms with E-state index < -0.39 is 10.1 Å². The fourth-order valence-electron chi connectivity index (χ4n) is 1.79. The van der Waals surface area contributed by atoms with Crippen molar-refractivity contribution < 1.29 is 42.5 Å². The standard InChI is InChI=1S/C12H25ClO3S.Na/c13-11-9-7-5-3-1-2-4-6-8-10-12-17(14,15)16;/h1-12H2,(H,14,15,16);/q;+1/p-1. The summed E-state index contributed by atoms with van der Waals surface area (Å²) in [6.45, 7) is 0. The molecule has 0 amide bonds. The first-order valence-corrected chi connectivity index (χ1v) is 8.67. The maximum absolute atomic E-state index is 10.3. The quantitative estimate of drug-likeness (QED) is 0.230. The van der Waals surface area contributed by atoms with Gasteiger partial charge in [-0.15, -0.1) is 11.6 Å². The van der Waals surface area contributed by atoms with Crippen molar-refractivity contribution in [2.75, 3.05) is 11.6 Å². The maximum atomic E-state index is 10.3. The molecule has 0 rings (SSSR count). The van der Waals surface area contributed by atoms with E-state index >= 15 is 0 Å². The molecular formula is C12H24ClNaO3S. The summed E-state index contributed by atoms with van der Waals surface area (Å²) in [5.74, 6) is 0.564. The Bertz CT molecular complexity index is 258. The van der Waals surface area contributed by atoms with Crippen molar-refractivity contribution in [3.05, 3.63) is 0 Å². The van der Waals surface area contributed by atoms with Crippen LogP contribution < -0.4 is 29.6 Å². The molecule has 0 aliphatic rings. The molecule has 0 unspecified atom stereocenters. The first kappa shape index (κ1) is 21.5. The Morgan fingerprint density at radius 2 is 1.06 bits per heavy atom. The van der Waals surface area contributed by atoms with Crippen molar-refractivity contribution in [3.8, 4) is 0 Å². The van der Waals surface area contributed by atoms with Crippen LogP contribution in [0.3, 0.4) is 0 Å². The van der Waals surface area contributed by atoms with Crippen LogP contribution in [0.5, 0.6) is 0 Å². The van der Waals surface area contributed by atoms with Crippen LogP contribution in [0.25, 0.3) is 0 Å². The van der Waals surface area contributed by atoms with Crippen LogP contribution in [0.4, 0.5) is 0 Å². The third-order valence-corrected chi connectivity index (χ3v) is 3.83. The zero-order chi connectivity index (χ0) is 13.0. The molecule has 0 aromatic carbocycles. The summed E-state index contributed by atoms with van der Waals surface area (Å²) >= 11 is 5.58. The van der Waals surface area contributed by atoms with Crippen LogP contribution in [0.1, 0.15) is 64.2 Å². The second-order valence-electron chi connectivity index (χ2n) is 4.49. The Balaban J connectivity index is 0. The Labute approximate surface area is 139 Å². The molecule has 0 fully saturated rings. The number of hydrogen-bond donors (Lipinski definition) is 0. The first-order valence-electron chi connectivity index (χ1n) is 6.56. The minimum absolute atomic E-state index is 0. The molecule has 6 heteroatoms. The molecule has 0 aromatic rings. The average molecular weight is 307 g/mol. The molecule has 18 heavy (non-hydrogen) atoms. The van der Waals surface area contributed by atoms with Crippen molar-refractivity contribution in [2.24, 2.45) is 0 Å². The molecular weight excluding hydrogens is 283 g/mol. The predicted molar refractivity (Wildman–Crippen MR) is 71.5 cm³/mol. The molecule has 0 saturated carbocycles. The van der Waals surface area contributed by atoms with E-state index in [0.717, 1.165) is 31.6 Å². The van der Waals surface area contributed by atoms with Crippen LogP contribution >= 0.6 is 11.6 Å². The van der Waals surface area contributed by atoms with Crippen LogP contribution in [0.15, 0.2) is 0 Å². The molecule has 0 aromatic heterocycles. The minimum atomic E-state index is -4.00. The van der Waals surface area contributed by atoms with Gasteiger partial charge in [-0.1, -0.05) is 51.4 Å². The van der Waals surface area contributed by atoms with E-state index in [9.17, 15) is 13.0 Å². The van der Waals surface area contributed by atoms with Crippen molar-refractivity contribution in [2.45, 2.75) is 64.2 Å². The van der Waals surface area contributed by atoms with Crippen LogP contribution in [-0.4, -0.2) is 24.6 Å². The van der Waals surface area contributed by atoms with E-state index in [1.165, 1.54) is 32.1 Å². The fourth-order valence-corrected chi connectivity index (χ4v) is 2.53. The SMILES string of the molecule is O=S(=O)([O-])CCCCCCCCCCCCCl.[Na+]. The van der Waals surface area contributed by atoms with Crippen LogP contribution in [0.2, 0.25) is 0 Å². The zero-order valence-electron chi connectivity index (χ0n) is 11.5. The van der Waals surface area contributed by atoms with Gasteiger partial charge in [0.25, 0.3) is 0 Å². The van der Waals surface area contributed by atoms with E-state index in [2.05, 4.69) is 0 Å². The number of halogens is 1. The van der Waals surface area contributed by atoms with Crippen molar-refractivity contribution in [1.82, 2.24) is 0 Å². The van der Waals surface area contributed by atoms with E-state index in [0.29, 0.717) is 6.42 Å². The van der Waals surface area contributed by atoms with E-state index in [4.69, 9.17) is 11.6 Å². The van der Waals surface area contributed by atoms with Gasteiger partial charge in [0.2, 0.25) is 0 Å². The summed E-state index contributed by atoms with van der Waals surface area (Å²) in [6, 6.07) is 0. The number of hydrogen-bond acceptors (Lipinski definition) is 3. The number of rotatable bonds is 12. The van der Waals surface area contributed by atoms with Gasteiger partial charge >= 0.3 is 29.6 Å². The Kier molecular flexibility index (Phi) is 17.4. The molecule has 0 radical (unpaired) electrons. The monoisotopic (exact) mass is 306 g/mol. The fraction of sp³-hybridized carbons (Fsp3) is 1.00. The molecule has 0 atom stereocenters. The molecule has 3 nitrogen and oxygen atoms in total. The topological polar surface area (TPSA) is 57.2 Å². The minimum Gasteiger partial charge on any atom is -0.748 e. The third-order valence-electron chi connectivity index (χ3n) is 2.78. The molecule has 0 saturated heterocycles. The second-order valence-corrected chi connectivity index (χ2v) is 6.39. The van der Waals surface area contributed by atoms with Crippen molar-refractivity contribution in [1.29, 1.82) is 0 Å². The average Bonchev–Trinajstić information content (AvgIpc) is 2.24. The zero-order valence-corrected chi connectivity index (χ0v) is 15.1. The van der Waals surface area contributed by atoms with Crippen LogP contribution in [-0.2, 0) is 10.1 Å². The van der Waals surface area contributed by atoms with Gasteiger partial charge in [0.15, 0.2) is 0 Å². The second kappa shape index (κ2) is 14.6. The predicted octanol–water partition coefficient (Wildman–Crippen LogP) is 0.675. The maximum Gasteiger partial charge on any atom is 1.00 e. The van der Waals surface area contributed by atoms with Crippen LogP contribution in [0, 0.1) is 0 Å². The summed E-state index contributed by atoms with van der Waals surface area (Å²) in [7, 11) is -4.00. The summed E-state index contributed by atoms with van der Waals surface area (Å²) in [4.78, 5) is 0. The van der Waals surface area contributed by atoms with Gasteiger partial charge in [-0.3, -0.25) is 0 Å². The number of alkyl halides is 1. The first-order chi connectivity index (χ1) is 8.06. The number of unbranched alkanes of at least 4 members (excludes halogenated alkanes) is 9. The van der Waals surface area contributed by atoms with Crippen molar-refractivity contribution >= 4 is 21.7 Å². The Morgan fingerprint density at radius 1 is 0.722 bits per heavy atom. The van der Waals surface area contributed by atoms with E-state index in [1.807, 2.05) is 0 Å². The smallest absolute Gasteiger partial charge is 0.748 e. The molecule has 0 aliphatic heterocycles. The molecule has 0 N–H and O–H groups in total. The van der Waals surface area contributed by atoms with E-state index in [1.54, 1.807) is 0 Å².